The van der Waals surface area contributed by atoms with Gasteiger partial charge in [-0.25, -0.2) is 9.59 Å². The molecule has 1 N–H and O–H groups in total. The molecule has 26 heavy (non-hydrogen) atoms. The normalized spacial score (nSPS) is 18.2. The Morgan fingerprint density at radius 2 is 1.88 bits per heavy atom. The number of alkyl carbamates (subject to hydrolysis) is 1. The Morgan fingerprint density at radius 1 is 1.19 bits per heavy atom. The first-order valence-corrected chi connectivity index (χ1v) is 9.16. The summed E-state index contributed by atoms with van der Waals surface area (Å²) in [7, 11) is 1.38. The molecule has 1 heterocycles. The maximum atomic E-state index is 11.9. The van der Waals surface area contributed by atoms with Crippen molar-refractivity contribution in [3.63, 3.8) is 0 Å². The van der Waals surface area contributed by atoms with Gasteiger partial charge in [-0.05, 0) is 57.9 Å². The second-order valence-electron chi connectivity index (χ2n) is 7.69. The van der Waals surface area contributed by atoms with Gasteiger partial charge in [0.2, 0.25) is 0 Å². The SMILES string of the molecule is COC(=O)c1ccc(CN2CCCC[C@@H]2CNC(=O)OC(C)(C)C)cc1. The zero-order chi connectivity index (χ0) is 19.2. The van der Waals surface area contributed by atoms with E-state index < -0.39 is 5.60 Å². The molecule has 1 atom stereocenters. The Bertz CT molecular complexity index is 607. The molecule has 1 amide bonds. The maximum absolute atomic E-state index is 11.9. The summed E-state index contributed by atoms with van der Waals surface area (Å²) in [6.07, 6.45) is 3.00. The van der Waals surface area contributed by atoms with Crippen LogP contribution in [-0.2, 0) is 16.0 Å². The highest BCUT2D eigenvalue weighted by Crippen LogP contribution is 2.20. The summed E-state index contributed by atoms with van der Waals surface area (Å²) in [5.74, 6) is -0.325. The van der Waals surface area contributed by atoms with Gasteiger partial charge in [-0.2, -0.15) is 0 Å². The minimum Gasteiger partial charge on any atom is -0.465 e. The Hall–Kier alpha value is -2.08. The standard InChI is InChI=1S/C20H30N2O4/c1-20(2,3)26-19(24)21-13-17-7-5-6-12-22(17)14-15-8-10-16(11-9-15)18(23)25-4/h8-11,17H,5-7,12-14H2,1-4H3,(H,21,24)/t17-/m1/s1. The van der Waals surface area contributed by atoms with E-state index in [2.05, 4.69) is 10.2 Å². The van der Waals surface area contributed by atoms with Gasteiger partial charge in [-0.3, -0.25) is 4.90 Å². The third-order valence-corrected chi connectivity index (χ3v) is 4.39. The van der Waals surface area contributed by atoms with Gasteiger partial charge in [-0.1, -0.05) is 18.6 Å². The summed E-state index contributed by atoms with van der Waals surface area (Å²) in [4.78, 5) is 25.8. The van der Waals surface area contributed by atoms with E-state index in [0.717, 1.165) is 31.5 Å². The van der Waals surface area contributed by atoms with Crippen molar-refractivity contribution in [2.75, 3.05) is 20.2 Å². The Morgan fingerprint density at radius 3 is 2.50 bits per heavy atom. The fraction of sp³-hybridized carbons (Fsp3) is 0.600. The average molecular weight is 362 g/mol. The number of carbonyl (C=O) groups excluding carboxylic acids is 2. The second kappa shape index (κ2) is 9.03. The van der Waals surface area contributed by atoms with Crippen molar-refractivity contribution in [3.8, 4) is 0 Å². The number of methoxy groups -OCH3 is 1. The van der Waals surface area contributed by atoms with Crippen LogP contribution in [0.15, 0.2) is 24.3 Å². The molecule has 1 fully saturated rings. The van der Waals surface area contributed by atoms with Crippen LogP contribution in [-0.4, -0.2) is 48.8 Å². The highest BCUT2D eigenvalue weighted by Gasteiger charge is 2.24. The van der Waals surface area contributed by atoms with Crippen molar-refractivity contribution >= 4 is 12.1 Å². The molecular weight excluding hydrogens is 332 g/mol. The van der Waals surface area contributed by atoms with Crippen molar-refractivity contribution in [2.45, 2.75) is 58.2 Å². The summed E-state index contributed by atoms with van der Waals surface area (Å²) in [5.41, 5.74) is 1.21. The van der Waals surface area contributed by atoms with Crippen molar-refractivity contribution in [1.29, 1.82) is 0 Å². The lowest BCUT2D eigenvalue weighted by Crippen LogP contribution is -2.47. The molecule has 0 bridgehead atoms. The van der Waals surface area contributed by atoms with E-state index in [9.17, 15) is 9.59 Å². The monoisotopic (exact) mass is 362 g/mol. The lowest BCUT2D eigenvalue weighted by Gasteiger charge is -2.36. The highest BCUT2D eigenvalue weighted by atomic mass is 16.6. The summed E-state index contributed by atoms with van der Waals surface area (Å²) in [6, 6.07) is 7.79. The topological polar surface area (TPSA) is 67.9 Å². The number of hydrogen-bond acceptors (Lipinski definition) is 5. The Kier molecular flexibility index (Phi) is 7.03. The fourth-order valence-corrected chi connectivity index (χ4v) is 3.11. The second-order valence-corrected chi connectivity index (χ2v) is 7.69. The third-order valence-electron chi connectivity index (χ3n) is 4.39. The zero-order valence-electron chi connectivity index (χ0n) is 16.2. The summed E-state index contributed by atoms with van der Waals surface area (Å²) < 4.78 is 10.0. The van der Waals surface area contributed by atoms with Crippen LogP contribution in [0.3, 0.4) is 0 Å². The van der Waals surface area contributed by atoms with Crippen molar-refractivity contribution in [1.82, 2.24) is 10.2 Å². The van der Waals surface area contributed by atoms with Crippen LogP contribution in [0, 0.1) is 0 Å². The van der Waals surface area contributed by atoms with Crippen molar-refractivity contribution in [3.05, 3.63) is 35.4 Å². The van der Waals surface area contributed by atoms with Gasteiger partial charge in [0, 0.05) is 19.1 Å². The summed E-state index contributed by atoms with van der Waals surface area (Å²) in [5, 5.41) is 2.89. The van der Waals surface area contributed by atoms with Crippen LogP contribution in [0.1, 0.15) is 56.0 Å². The molecular formula is C20H30N2O4. The predicted molar refractivity (Wildman–Crippen MR) is 100 cm³/mol. The first-order chi connectivity index (χ1) is 12.3. The van der Waals surface area contributed by atoms with Crippen LogP contribution in [0.4, 0.5) is 4.79 Å². The Labute approximate surface area is 155 Å². The van der Waals surface area contributed by atoms with E-state index >= 15 is 0 Å². The van der Waals surface area contributed by atoms with Gasteiger partial charge in [0.15, 0.2) is 0 Å². The van der Waals surface area contributed by atoms with E-state index in [1.807, 2.05) is 32.9 Å². The molecule has 0 aromatic heterocycles. The van der Waals surface area contributed by atoms with E-state index in [0.29, 0.717) is 12.1 Å². The van der Waals surface area contributed by atoms with Gasteiger partial charge < -0.3 is 14.8 Å². The number of nitrogens with one attached hydrogen (secondary N) is 1. The molecule has 0 spiro atoms. The third kappa shape index (κ3) is 6.33. The van der Waals surface area contributed by atoms with Crippen LogP contribution >= 0.6 is 0 Å². The highest BCUT2D eigenvalue weighted by molar-refractivity contribution is 5.89. The van der Waals surface area contributed by atoms with Crippen molar-refractivity contribution in [2.24, 2.45) is 0 Å². The number of benzene rings is 1. The molecule has 0 saturated carbocycles. The summed E-state index contributed by atoms with van der Waals surface area (Å²) in [6.45, 7) is 7.95. The molecule has 1 saturated heterocycles. The molecule has 1 aromatic carbocycles. The van der Waals surface area contributed by atoms with Gasteiger partial charge in [0.05, 0.1) is 12.7 Å². The number of ether oxygens (including phenoxy) is 2. The van der Waals surface area contributed by atoms with Gasteiger partial charge in [-0.15, -0.1) is 0 Å². The number of rotatable bonds is 5. The lowest BCUT2D eigenvalue weighted by molar-refractivity contribution is 0.0491. The first-order valence-electron chi connectivity index (χ1n) is 9.16. The van der Waals surface area contributed by atoms with Crippen LogP contribution in [0.5, 0.6) is 0 Å². The predicted octanol–water partition coefficient (Wildman–Crippen LogP) is 3.35. The van der Waals surface area contributed by atoms with Crippen LogP contribution in [0.2, 0.25) is 0 Å². The molecule has 2 rings (SSSR count). The molecule has 1 aliphatic heterocycles. The molecule has 1 aliphatic rings. The molecule has 0 aliphatic carbocycles. The molecule has 0 radical (unpaired) electrons. The molecule has 144 valence electrons. The van der Waals surface area contributed by atoms with Crippen LogP contribution in [0.25, 0.3) is 0 Å². The average Bonchev–Trinajstić information content (AvgIpc) is 2.59. The lowest BCUT2D eigenvalue weighted by atomic mass is 10.0. The number of carbonyl (C=O) groups is 2. The van der Waals surface area contributed by atoms with E-state index in [1.54, 1.807) is 12.1 Å². The van der Waals surface area contributed by atoms with E-state index in [4.69, 9.17) is 9.47 Å². The van der Waals surface area contributed by atoms with E-state index in [1.165, 1.54) is 13.5 Å². The number of nitrogens with zero attached hydrogens (tertiary/aromatic N) is 1. The number of amides is 1. The molecule has 6 heteroatoms. The van der Waals surface area contributed by atoms with Crippen molar-refractivity contribution < 1.29 is 19.1 Å². The smallest absolute Gasteiger partial charge is 0.407 e. The van der Waals surface area contributed by atoms with Gasteiger partial charge in [0.25, 0.3) is 0 Å². The van der Waals surface area contributed by atoms with Gasteiger partial charge in [0.1, 0.15) is 5.60 Å². The Balaban J connectivity index is 1.91. The minimum absolute atomic E-state index is 0.288. The molecule has 1 aromatic rings. The zero-order valence-corrected chi connectivity index (χ0v) is 16.2. The van der Waals surface area contributed by atoms with Crippen LogP contribution < -0.4 is 5.32 Å². The summed E-state index contributed by atoms with van der Waals surface area (Å²) >= 11 is 0. The number of piperidine rings is 1. The minimum atomic E-state index is -0.488. The quantitative estimate of drug-likeness (QED) is 0.814. The first kappa shape index (κ1) is 20.2. The maximum Gasteiger partial charge on any atom is 0.407 e. The van der Waals surface area contributed by atoms with Gasteiger partial charge >= 0.3 is 12.1 Å². The number of hydrogen-bond donors (Lipinski definition) is 1. The molecule has 0 unspecified atom stereocenters. The fourth-order valence-electron chi connectivity index (χ4n) is 3.11. The van der Waals surface area contributed by atoms with E-state index in [-0.39, 0.29) is 18.1 Å². The molecule has 6 nitrogen and oxygen atoms in total. The number of likely N-dealkylation sites (tertiary alicyclic amines) is 1. The largest absolute Gasteiger partial charge is 0.465 e. The number of esters is 1.